The number of nitrogens with one attached hydrogen (secondary N) is 3. The van der Waals surface area contributed by atoms with Gasteiger partial charge in [-0.1, -0.05) is 6.42 Å². The van der Waals surface area contributed by atoms with Crippen LogP contribution in [0, 0.1) is 0 Å². The third-order valence-corrected chi connectivity index (χ3v) is 7.44. The van der Waals surface area contributed by atoms with Crippen LogP contribution in [0.4, 0.5) is 0 Å². The van der Waals surface area contributed by atoms with Gasteiger partial charge in [-0.15, -0.1) is 0 Å². The van der Waals surface area contributed by atoms with Crippen LogP contribution in [-0.2, 0) is 55.4 Å². The van der Waals surface area contributed by atoms with Crippen LogP contribution < -0.4 is 27.8 Å². The highest BCUT2D eigenvalue weighted by atomic mass is 16.4. The molecule has 17 heteroatoms. The first-order valence-electron chi connectivity index (χ1n) is 15.0. The lowest BCUT2D eigenvalue weighted by atomic mass is 10.2. The fraction of sp³-hybridized carbons (Fsp3) is 0.552. The summed E-state index contributed by atoms with van der Waals surface area (Å²) in [5.74, 6) is 0.425. The van der Waals surface area contributed by atoms with Crippen molar-refractivity contribution in [3.63, 3.8) is 0 Å². The average molecular weight is 644 g/mol. The molecule has 4 aromatic rings. The van der Waals surface area contributed by atoms with Gasteiger partial charge in [-0.2, -0.15) is 0 Å². The van der Waals surface area contributed by atoms with Gasteiger partial charge in [0.25, 0.3) is 11.1 Å². The molecule has 0 aliphatic rings. The molecule has 0 bridgehead atoms. The number of aliphatic carboxylic acids is 1. The first kappa shape index (κ1) is 35.4. The first-order valence-corrected chi connectivity index (χ1v) is 15.0. The Hall–Kier alpha value is -5.09. The van der Waals surface area contributed by atoms with Gasteiger partial charge in [0.05, 0.1) is 0 Å². The van der Waals surface area contributed by atoms with Crippen molar-refractivity contribution >= 4 is 40.0 Å². The molecule has 4 aromatic heterocycles. The number of rotatable bonds is 14. The van der Waals surface area contributed by atoms with Crippen LogP contribution in [0.25, 0.3) is 22.3 Å². The number of imidazole rings is 2. The molecule has 0 saturated carbocycles. The summed E-state index contributed by atoms with van der Waals surface area (Å²) in [6.45, 7) is 2.07. The third-order valence-electron chi connectivity index (χ3n) is 7.44. The molecule has 46 heavy (non-hydrogen) atoms. The number of fused-ring (bicyclic) bond motifs is 2. The number of amides is 1. The second-order valence-corrected chi connectivity index (χ2v) is 11.1. The molecule has 0 atom stereocenters. The predicted molar refractivity (Wildman–Crippen MR) is 169 cm³/mol. The van der Waals surface area contributed by atoms with Crippen molar-refractivity contribution in [3.8, 4) is 0 Å². The van der Waals surface area contributed by atoms with Gasteiger partial charge in [-0.05, 0) is 32.6 Å². The first-order chi connectivity index (χ1) is 21.7. The van der Waals surface area contributed by atoms with Crippen molar-refractivity contribution in [3.05, 3.63) is 53.3 Å². The molecule has 0 spiro atoms. The van der Waals surface area contributed by atoms with Gasteiger partial charge in [0.1, 0.15) is 28.5 Å². The number of Topliss-reactive ketones (excluding diaryl/α,β-unsaturated/α-hetero) is 1. The third kappa shape index (κ3) is 8.76. The number of carbonyl (C=O) groups is 3. The summed E-state index contributed by atoms with van der Waals surface area (Å²) in [6.07, 6.45) is 5.36. The molecule has 4 N–H and O–H groups in total. The monoisotopic (exact) mass is 643 g/mol. The van der Waals surface area contributed by atoms with E-state index in [1.807, 2.05) is 0 Å². The van der Waals surface area contributed by atoms with Gasteiger partial charge in [-0.25, -0.2) is 19.6 Å². The van der Waals surface area contributed by atoms with Crippen LogP contribution >= 0.6 is 0 Å². The van der Waals surface area contributed by atoms with Crippen LogP contribution in [0.5, 0.6) is 0 Å². The summed E-state index contributed by atoms with van der Waals surface area (Å²) < 4.78 is 4.71. The summed E-state index contributed by atoms with van der Waals surface area (Å²) in [4.78, 5) is 95.2. The molecule has 0 aliphatic carbocycles. The number of ketones is 1. The number of nitrogens with zero attached hydrogens (tertiary/aromatic N) is 6. The largest absolute Gasteiger partial charge is 0.481 e. The van der Waals surface area contributed by atoms with Crippen LogP contribution in [-0.4, -0.2) is 67.5 Å². The molecule has 0 radical (unpaired) electrons. The topological polar surface area (TPSA) is 229 Å². The minimum atomic E-state index is -0.803. The van der Waals surface area contributed by atoms with E-state index < -0.39 is 22.9 Å². The second kappa shape index (κ2) is 15.8. The molecule has 1 amide bonds. The van der Waals surface area contributed by atoms with Gasteiger partial charge in [0, 0.05) is 66.8 Å². The van der Waals surface area contributed by atoms with Gasteiger partial charge in [0.2, 0.25) is 5.91 Å². The fourth-order valence-corrected chi connectivity index (χ4v) is 4.80. The number of carboxylic acid groups (broad SMARTS) is 1. The number of H-pyrrole nitrogens is 2. The highest BCUT2D eigenvalue weighted by molar-refractivity contribution is 5.76. The molecule has 0 aliphatic heterocycles. The molecule has 0 fully saturated rings. The lowest BCUT2D eigenvalue weighted by molar-refractivity contribution is -0.137. The maximum Gasteiger partial charge on any atom is 0.332 e. The Morgan fingerprint density at radius 2 is 1.15 bits per heavy atom. The number of aromatic nitrogens is 8. The van der Waals surface area contributed by atoms with E-state index in [4.69, 9.17) is 5.11 Å². The molecule has 0 unspecified atom stereocenters. The lowest BCUT2D eigenvalue weighted by Crippen LogP contribution is -2.36. The standard InChI is InChI=1S/C17H25N5O5.C12H16N4O3/c1-21-15-14(16(26)22(2)17(21)27)19-11(20-15)7-6-8-12(23)18-10-5-3-4-9-13(24)25;1-7(17)5-4-6-8-13-9-10(14-8)15(2)12(19)16(3)11(9)18/h3-10H2,1-2H3,(H,18,23)(H,19,20)(H,24,25);4-6H2,1-3H3,(H,13,14). The average Bonchev–Trinajstić information content (AvgIpc) is 3.64. The van der Waals surface area contributed by atoms with E-state index in [9.17, 15) is 33.6 Å². The van der Waals surface area contributed by atoms with E-state index >= 15 is 0 Å². The van der Waals surface area contributed by atoms with E-state index in [1.54, 1.807) is 14.1 Å². The quantitative estimate of drug-likeness (QED) is 0.134. The van der Waals surface area contributed by atoms with Crippen LogP contribution in [0.2, 0.25) is 0 Å². The zero-order valence-corrected chi connectivity index (χ0v) is 26.8. The molecule has 4 heterocycles. The van der Waals surface area contributed by atoms with Crippen LogP contribution in [0.1, 0.15) is 69.9 Å². The predicted octanol–water partition coefficient (Wildman–Crippen LogP) is -0.0838. The lowest BCUT2D eigenvalue weighted by Gasteiger charge is -2.04. The summed E-state index contributed by atoms with van der Waals surface area (Å²) >= 11 is 0. The Balaban J connectivity index is 0.000000266. The number of unbranched alkanes of at least 4 members (excludes halogenated alkanes) is 2. The number of aromatic amines is 2. The minimum absolute atomic E-state index is 0.0762. The normalized spacial score (nSPS) is 11.1. The molecular formula is C29H41N9O8. The summed E-state index contributed by atoms with van der Waals surface area (Å²) in [5, 5.41) is 11.3. The smallest absolute Gasteiger partial charge is 0.332 e. The Bertz CT molecular complexity index is 1970. The van der Waals surface area contributed by atoms with Crippen LogP contribution in [0.15, 0.2) is 19.2 Å². The maximum absolute atomic E-state index is 12.1. The number of hydrogen-bond acceptors (Lipinski definition) is 9. The highest BCUT2D eigenvalue weighted by Gasteiger charge is 2.15. The molecule has 0 aromatic carbocycles. The molecule has 17 nitrogen and oxygen atoms in total. The van der Waals surface area contributed by atoms with Crippen molar-refractivity contribution in [1.82, 2.24) is 43.5 Å². The number of carboxylic acids is 1. The van der Waals surface area contributed by atoms with E-state index in [2.05, 4.69) is 25.3 Å². The van der Waals surface area contributed by atoms with E-state index in [0.29, 0.717) is 80.0 Å². The Morgan fingerprint density at radius 3 is 1.61 bits per heavy atom. The molecule has 0 saturated heterocycles. The Kier molecular flexibility index (Phi) is 12.1. The number of hydrogen-bond donors (Lipinski definition) is 4. The van der Waals surface area contributed by atoms with Gasteiger partial charge >= 0.3 is 17.3 Å². The van der Waals surface area contributed by atoms with Crippen LogP contribution in [0.3, 0.4) is 0 Å². The summed E-state index contributed by atoms with van der Waals surface area (Å²) in [7, 11) is 5.97. The molecule has 250 valence electrons. The SMILES string of the molecule is CC(=O)CCCc1nc2c([nH]1)c(=O)n(C)c(=O)n2C.Cn1c(=O)c2[nH]c(CCCC(=O)NCCCCCC(=O)O)nc2n(C)c1=O. The zero-order valence-electron chi connectivity index (χ0n) is 26.8. The number of aryl methyl sites for hydroxylation is 4. The maximum atomic E-state index is 12.1. The van der Waals surface area contributed by atoms with Crippen molar-refractivity contribution in [2.45, 2.75) is 71.1 Å². The number of carbonyl (C=O) groups excluding carboxylic acids is 2. The van der Waals surface area contributed by atoms with Gasteiger partial charge in [0.15, 0.2) is 11.3 Å². The minimum Gasteiger partial charge on any atom is -0.481 e. The van der Waals surface area contributed by atoms with Crippen molar-refractivity contribution in [2.75, 3.05) is 6.54 Å². The highest BCUT2D eigenvalue weighted by Crippen LogP contribution is 2.09. The van der Waals surface area contributed by atoms with E-state index in [1.165, 1.54) is 30.2 Å². The zero-order chi connectivity index (χ0) is 34.1. The van der Waals surface area contributed by atoms with Crippen molar-refractivity contribution in [2.24, 2.45) is 28.2 Å². The summed E-state index contributed by atoms with van der Waals surface area (Å²) in [6, 6.07) is 0. The van der Waals surface area contributed by atoms with Gasteiger partial charge < -0.3 is 25.2 Å². The molecular weight excluding hydrogens is 602 g/mol. The second-order valence-electron chi connectivity index (χ2n) is 11.1. The van der Waals surface area contributed by atoms with E-state index in [0.717, 1.165) is 22.0 Å². The van der Waals surface area contributed by atoms with E-state index in [-0.39, 0.29) is 29.2 Å². The molecule has 4 rings (SSSR count). The fourth-order valence-electron chi connectivity index (χ4n) is 4.80. The van der Waals surface area contributed by atoms with Crippen molar-refractivity contribution < 1.29 is 19.5 Å². The Labute approximate surface area is 262 Å². The van der Waals surface area contributed by atoms with Gasteiger partial charge in [-0.3, -0.25) is 37.4 Å². The van der Waals surface area contributed by atoms with Crippen molar-refractivity contribution in [1.29, 1.82) is 0 Å². The Morgan fingerprint density at radius 1 is 0.674 bits per heavy atom. The summed E-state index contributed by atoms with van der Waals surface area (Å²) in [5.41, 5.74) is -0.388.